The molecule has 0 saturated carbocycles. The lowest BCUT2D eigenvalue weighted by Gasteiger charge is -2.46. The Kier molecular flexibility index (Phi) is 4.80. The fourth-order valence-electron chi connectivity index (χ4n) is 5.04. The number of rotatable bonds is 2. The first-order chi connectivity index (χ1) is 12.9. The smallest absolute Gasteiger partial charge is 0.407 e. The van der Waals surface area contributed by atoms with E-state index in [4.69, 9.17) is 0 Å². The van der Waals surface area contributed by atoms with Crippen LogP contribution < -0.4 is 0 Å². The number of benzene rings is 1. The molecule has 146 valence electrons. The van der Waals surface area contributed by atoms with Gasteiger partial charge in [0.05, 0.1) is 6.04 Å². The highest BCUT2D eigenvalue weighted by Gasteiger charge is 2.41. The second kappa shape index (κ2) is 7.11. The molecular formula is C20H26FN3O3. The lowest BCUT2D eigenvalue weighted by Crippen LogP contribution is -2.57. The Bertz CT molecular complexity index is 756. The highest BCUT2D eigenvalue weighted by molar-refractivity contribution is 5.79. The quantitative estimate of drug-likeness (QED) is 0.863. The molecule has 3 aliphatic rings. The van der Waals surface area contributed by atoms with Gasteiger partial charge in [-0.1, -0.05) is 6.07 Å². The summed E-state index contributed by atoms with van der Waals surface area (Å²) in [4.78, 5) is 29.6. The van der Waals surface area contributed by atoms with Crippen LogP contribution in [0.2, 0.25) is 0 Å². The van der Waals surface area contributed by atoms with Gasteiger partial charge in [-0.15, -0.1) is 0 Å². The van der Waals surface area contributed by atoms with Gasteiger partial charge in [0.2, 0.25) is 5.91 Å². The number of carbonyl (C=O) groups is 2. The van der Waals surface area contributed by atoms with Crippen molar-refractivity contribution < 1.29 is 19.1 Å². The van der Waals surface area contributed by atoms with Crippen molar-refractivity contribution in [3.8, 4) is 0 Å². The molecule has 3 fully saturated rings. The third kappa shape index (κ3) is 3.40. The van der Waals surface area contributed by atoms with Gasteiger partial charge >= 0.3 is 6.09 Å². The van der Waals surface area contributed by atoms with Crippen molar-refractivity contribution in [2.75, 3.05) is 26.2 Å². The van der Waals surface area contributed by atoms with Gasteiger partial charge in [-0.05, 0) is 49.4 Å². The molecule has 0 bridgehead atoms. The second-order valence-electron chi connectivity index (χ2n) is 7.95. The highest BCUT2D eigenvalue weighted by atomic mass is 19.1. The van der Waals surface area contributed by atoms with Gasteiger partial charge in [0.1, 0.15) is 5.82 Å². The molecule has 0 aliphatic carbocycles. The second-order valence-corrected chi connectivity index (χ2v) is 7.95. The zero-order valence-corrected chi connectivity index (χ0v) is 15.6. The number of hydrogen-bond donors (Lipinski definition) is 1. The van der Waals surface area contributed by atoms with Crippen molar-refractivity contribution in [3.63, 3.8) is 0 Å². The van der Waals surface area contributed by atoms with Gasteiger partial charge < -0.3 is 14.9 Å². The number of nitrogens with zero attached hydrogens (tertiary/aromatic N) is 3. The molecule has 3 aliphatic heterocycles. The minimum atomic E-state index is -0.923. The number of hydrogen-bond acceptors (Lipinski definition) is 3. The maximum absolute atomic E-state index is 13.5. The first-order valence-corrected chi connectivity index (χ1v) is 9.73. The molecule has 0 spiro atoms. The van der Waals surface area contributed by atoms with Crippen molar-refractivity contribution in [2.24, 2.45) is 0 Å². The van der Waals surface area contributed by atoms with E-state index in [0.29, 0.717) is 25.4 Å². The lowest BCUT2D eigenvalue weighted by molar-refractivity contribution is -0.131. The van der Waals surface area contributed by atoms with Crippen LogP contribution in [0.4, 0.5) is 9.18 Å². The van der Waals surface area contributed by atoms with Crippen LogP contribution in [0.1, 0.15) is 42.9 Å². The summed E-state index contributed by atoms with van der Waals surface area (Å²) in [6.45, 7) is 4.80. The molecule has 0 radical (unpaired) electrons. The van der Waals surface area contributed by atoms with Crippen LogP contribution in [-0.4, -0.2) is 70.1 Å². The number of fused-ring (bicyclic) bond motifs is 1. The molecule has 7 heteroatoms. The van der Waals surface area contributed by atoms with Crippen LogP contribution in [0, 0.1) is 12.7 Å². The minimum Gasteiger partial charge on any atom is -0.465 e. The van der Waals surface area contributed by atoms with E-state index in [1.807, 2.05) is 11.8 Å². The highest BCUT2D eigenvalue weighted by Crippen LogP contribution is 2.36. The molecule has 3 saturated heterocycles. The number of amides is 2. The number of carboxylic acid groups (broad SMARTS) is 1. The SMILES string of the molecule is Cc1cc(F)ccc1[C@H]1C[C@H](N2CCN3C(=O)CCC3C2)CCN1C(=O)O. The summed E-state index contributed by atoms with van der Waals surface area (Å²) in [5.41, 5.74) is 1.68. The number of likely N-dealkylation sites (tertiary alicyclic amines) is 1. The lowest BCUT2D eigenvalue weighted by atomic mass is 9.88. The molecule has 4 rings (SSSR count). The van der Waals surface area contributed by atoms with Gasteiger partial charge in [0.25, 0.3) is 0 Å². The summed E-state index contributed by atoms with van der Waals surface area (Å²) in [6.07, 6.45) is 2.15. The number of carbonyl (C=O) groups excluding carboxylic acids is 1. The summed E-state index contributed by atoms with van der Waals surface area (Å²) < 4.78 is 13.5. The normalized spacial score (nSPS) is 29.1. The molecule has 3 atom stereocenters. The molecule has 0 aromatic heterocycles. The van der Waals surface area contributed by atoms with E-state index >= 15 is 0 Å². The van der Waals surface area contributed by atoms with Gasteiger partial charge in [-0.25, -0.2) is 9.18 Å². The molecule has 2 amide bonds. The summed E-state index contributed by atoms with van der Waals surface area (Å²) in [7, 11) is 0. The van der Waals surface area contributed by atoms with Gasteiger partial charge in [-0.3, -0.25) is 9.69 Å². The predicted molar refractivity (Wildman–Crippen MR) is 97.9 cm³/mol. The molecular weight excluding hydrogens is 349 g/mol. The summed E-state index contributed by atoms with van der Waals surface area (Å²) in [5, 5.41) is 9.66. The predicted octanol–water partition coefficient (Wildman–Crippen LogP) is 2.62. The molecule has 6 nitrogen and oxygen atoms in total. The van der Waals surface area contributed by atoms with E-state index in [1.54, 1.807) is 6.07 Å². The maximum atomic E-state index is 13.5. The summed E-state index contributed by atoms with van der Waals surface area (Å²) in [5.74, 6) is -0.0346. The fraction of sp³-hybridized carbons (Fsp3) is 0.600. The van der Waals surface area contributed by atoms with Gasteiger partial charge in [-0.2, -0.15) is 0 Å². The molecule has 1 N–H and O–H groups in total. The van der Waals surface area contributed by atoms with Crippen molar-refractivity contribution in [2.45, 2.75) is 50.7 Å². The standard InChI is InChI=1S/C20H26FN3O3/c1-13-10-14(21)2-4-17(13)18-11-15(6-7-24(18)20(26)27)22-8-9-23-16(12-22)3-5-19(23)25/h2,4,10,15-16,18H,3,5-9,11-12H2,1H3,(H,26,27)/t15-,16?,18-/m1/s1. The number of piperidine rings is 1. The minimum absolute atomic E-state index is 0.259. The molecule has 1 aromatic rings. The number of aryl methyl sites for hydroxylation is 1. The number of piperazine rings is 1. The van der Waals surface area contributed by atoms with Crippen molar-refractivity contribution in [1.29, 1.82) is 0 Å². The number of halogens is 1. The Morgan fingerprint density at radius 2 is 2.00 bits per heavy atom. The van der Waals surface area contributed by atoms with Crippen LogP contribution in [0.25, 0.3) is 0 Å². The van der Waals surface area contributed by atoms with E-state index in [9.17, 15) is 19.1 Å². The Balaban J connectivity index is 1.53. The first kappa shape index (κ1) is 18.2. The van der Waals surface area contributed by atoms with E-state index < -0.39 is 6.09 Å². The molecule has 3 heterocycles. The summed E-state index contributed by atoms with van der Waals surface area (Å²) in [6, 6.07) is 4.94. The van der Waals surface area contributed by atoms with Crippen molar-refractivity contribution >= 4 is 12.0 Å². The largest absolute Gasteiger partial charge is 0.465 e. The zero-order valence-electron chi connectivity index (χ0n) is 15.6. The Hall–Kier alpha value is -2.15. The van der Waals surface area contributed by atoms with Crippen LogP contribution in [0.3, 0.4) is 0 Å². The monoisotopic (exact) mass is 375 g/mol. The van der Waals surface area contributed by atoms with E-state index in [2.05, 4.69) is 4.90 Å². The van der Waals surface area contributed by atoms with Crippen molar-refractivity contribution in [1.82, 2.24) is 14.7 Å². The van der Waals surface area contributed by atoms with Crippen LogP contribution >= 0.6 is 0 Å². The van der Waals surface area contributed by atoms with E-state index in [0.717, 1.165) is 43.6 Å². The van der Waals surface area contributed by atoms with E-state index in [-0.39, 0.29) is 23.8 Å². The van der Waals surface area contributed by atoms with Crippen molar-refractivity contribution in [3.05, 3.63) is 35.1 Å². The third-order valence-electron chi connectivity index (χ3n) is 6.45. The molecule has 1 aromatic carbocycles. The maximum Gasteiger partial charge on any atom is 0.407 e. The molecule has 1 unspecified atom stereocenters. The van der Waals surface area contributed by atoms with Gasteiger partial charge in [0, 0.05) is 44.7 Å². The first-order valence-electron chi connectivity index (χ1n) is 9.73. The Morgan fingerprint density at radius 1 is 1.19 bits per heavy atom. The van der Waals surface area contributed by atoms with Gasteiger partial charge in [0.15, 0.2) is 0 Å². The Morgan fingerprint density at radius 3 is 2.74 bits per heavy atom. The third-order valence-corrected chi connectivity index (χ3v) is 6.45. The summed E-state index contributed by atoms with van der Waals surface area (Å²) >= 11 is 0. The fourth-order valence-corrected chi connectivity index (χ4v) is 5.04. The average molecular weight is 375 g/mol. The van der Waals surface area contributed by atoms with Crippen LogP contribution in [0.15, 0.2) is 18.2 Å². The topological polar surface area (TPSA) is 64.1 Å². The van der Waals surface area contributed by atoms with E-state index in [1.165, 1.54) is 17.0 Å². The van der Waals surface area contributed by atoms with Crippen LogP contribution in [0.5, 0.6) is 0 Å². The molecule has 27 heavy (non-hydrogen) atoms. The Labute approximate surface area is 158 Å². The van der Waals surface area contributed by atoms with Crippen LogP contribution in [-0.2, 0) is 4.79 Å². The zero-order chi connectivity index (χ0) is 19.1. The average Bonchev–Trinajstić information content (AvgIpc) is 3.01.